The Morgan fingerprint density at radius 3 is 2.83 bits per heavy atom. The van der Waals surface area contributed by atoms with Gasteiger partial charge in [-0.05, 0) is 12.0 Å². The second-order valence-corrected chi connectivity index (χ2v) is 4.36. The van der Waals surface area contributed by atoms with Crippen molar-refractivity contribution >= 4 is 11.5 Å². The Morgan fingerprint density at radius 2 is 2.22 bits per heavy atom. The molecule has 0 fully saturated rings. The number of ether oxygens (including phenoxy) is 1. The maximum absolute atomic E-state index is 11.1. The van der Waals surface area contributed by atoms with Crippen LogP contribution in [0.3, 0.4) is 0 Å². The maximum atomic E-state index is 11.1. The highest BCUT2D eigenvalue weighted by Crippen LogP contribution is 2.13. The lowest BCUT2D eigenvalue weighted by Gasteiger charge is -2.19. The number of hydrogen-bond donors (Lipinski definition) is 0. The number of hydrogen-bond acceptors (Lipinski definition) is 4. The molecule has 0 saturated heterocycles. The van der Waals surface area contributed by atoms with Crippen LogP contribution in [0.2, 0.25) is 0 Å². The molecule has 0 aromatic heterocycles. The number of Topliss-reactive ketones (excluding diaryl/α,β-unsaturated/α-hetero) is 1. The van der Waals surface area contributed by atoms with Crippen molar-refractivity contribution in [3.05, 3.63) is 35.9 Å². The third kappa shape index (κ3) is 3.67. The topological polar surface area (TPSA) is 47.9 Å². The predicted octanol–water partition coefficient (Wildman–Crippen LogP) is 2.33. The fraction of sp³-hybridized carbons (Fsp3) is 0.429. The van der Waals surface area contributed by atoms with Crippen LogP contribution in [-0.4, -0.2) is 24.2 Å². The molecule has 0 N–H and O–H groups in total. The van der Waals surface area contributed by atoms with E-state index in [0.717, 1.165) is 12.0 Å². The van der Waals surface area contributed by atoms with Gasteiger partial charge in [-0.1, -0.05) is 35.5 Å². The van der Waals surface area contributed by atoms with Crippen LogP contribution < -0.4 is 0 Å². The zero-order chi connectivity index (χ0) is 12.8. The summed E-state index contributed by atoms with van der Waals surface area (Å²) in [7, 11) is 0. The van der Waals surface area contributed by atoms with Gasteiger partial charge in [0, 0.05) is 13.3 Å². The fourth-order valence-corrected chi connectivity index (χ4v) is 1.77. The van der Waals surface area contributed by atoms with Gasteiger partial charge in [-0.25, -0.2) is 0 Å². The van der Waals surface area contributed by atoms with Crippen molar-refractivity contribution in [2.24, 2.45) is 5.16 Å². The third-order valence-electron chi connectivity index (χ3n) is 2.84. The van der Waals surface area contributed by atoms with Crippen molar-refractivity contribution in [3.63, 3.8) is 0 Å². The number of nitrogens with zero attached hydrogens (tertiary/aromatic N) is 1. The van der Waals surface area contributed by atoms with E-state index >= 15 is 0 Å². The number of oxime groups is 1. The summed E-state index contributed by atoms with van der Waals surface area (Å²) in [6.07, 6.45) is 1.42. The molecular formula is C14H17NO3. The predicted molar refractivity (Wildman–Crippen MR) is 68.3 cm³/mol. The summed E-state index contributed by atoms with van der Waals surface area (Å²) in [6, 6.07) is 9.99. The van der Waals surface area contributed by atoms with Crippen molar-refractivity contribution in [1.82, 2.24) is 0 Å². The minimum absolute atomic E-state index is 0.0151. The Hall–Kier alpha value is -1.68. The summed E-state index contributed by atoms with van der Waals surface area (Å²) < 4.78 is 5.58. The van der Waals surface area contributed by atoms with Gasteiger partial charge in [0.05, 0.1) is 13.2 Å². The lowest BCUT2D eigenvalue weighted by atomic mass is 10.1. The second kappa shape index (κ2) is 6.31. The van der Waals surface area contributed by atoms with E-state index in [1.807, 2.05) is 30.3 Å². The van der Waals surface area contributed by atoms with E-state index in [9.17, 15) is 4.79 Å². The third-order valence-corrected chi connectivity index (χ3v) is 2.84. The molecule has 2 rings (SSSR count). The van der Waals surface area contributed by atoms with E-state index in [4.69, 9.17) is 9.57 Å². The molecule has 1 aliphatic rings. The maximum Gasteiger partial charge on any atom is 0.177 e. The molecule has 1 aromatic rings. The van der Waals surface area contributed by atoms with Crippen LogP contribution in [0.4, 0.5) is 0 Å². The van der Waals surface area contributed by atoms with Gasteiger partial charge in [-0.2, -0.15) is 0 Å². The highest BCUT2D eigenvalue weighted by Gasteiger charge is 2.19. The summed E-state index contributed by atoms with van der Waals surface area (Å²) in [5.41, 5.74) is 1.66. The molecule has 0 radical (unpaired) electrons. The first-order valence-corrected chi connectivity index (χ1v) is 6.11. The summed E-state index contributed by atoms with van der Waals surface area (Å²) in [5, 5.41) is 3.82. The molecule has 1 atom stereocenters. The first kappa shape index (κ1) is 12.8. The molecule has 4 nitrogen and oxygen atoms in total. The van der Waals surface area contributed by atoms with Crippen LogP contribution in [0.15, 0.2) is 35.5 Å². The van der Waals surface area contributed by atoms with Gasteiger partial charge >= 0.3 is 0 Å². The van der Waals surface area contributed by atoms with E-state index in [1.165, 1.54) is 6.92 Å². The van der Waals surface area contributed by atoms with Crippen molar-refractivity contribution < 1.29 is 14.4 Å². The summed E-state index contributed by atoms with van der Waals surface area (Å²) >= 11 is 0. The van der Waals surface area contributed by atoms with Gasteiger partial charge in [0.2, 0.25) is 0 Å². The average molecular weight is 247 g/mol. The van der Waals surface area contributed by atoms with E-state index in [1.54, 1.807) is 0 Å². The quantitative estimate of drug-likeness (QED) is 0.802. The van der Waals surface area contributed by atoms with Crippen LogP contribution in [0.25, 0.3) is 0 Å². The molecule has 1 aromatic carbocycles. The number of benzene rings is 1. The Bertz CT molecular complexity index is 428. The highest BCUT2D eigenvalue weighted by molar-refractivity contribution is 6.38. The van der Waals surface area contributed by atoms with Crippen molar-refractivity contribution in [1.29, 1.82) is 0 Å². The summed E-state index contributed by atoms with van der Waals surface area (Å²) in [5.74, 6) is -0.0151. The largest absolute Gasteiger partial charge is 0.390 e. The number of carbonyl (C=O) groups is 1. The van der Waals surface area contributed by atoms with E-state index < -0.39 is 0 Å². The lowest BCUT2D eigenvalue weighted by molar-refractivity contribution is -0.112. The van der Waals surface area contributed by atoms with Crippen LogP contribution in [0, 0.1) is 0 Å². The Morgan fingerprint density at radius 1 is 1.44 bits per heavy atom. The molecule has 0 amide bonds. The number of ketones is 1. The standard InChI is InChI=1S/C14H17NO3/c1-11(16)14-8-7-13(18-15-14)10-17-9-12-5-3-2-4-6-12/h2-6,13H,7-10H2,1H3. The molecule has 0 aliphatic carbocycles. The number of rotatable bonds is 5. The second-order valence-electron chi connectivity index (χ2n) is 4.36. The van der Waals surface area contributed by atoms with Crippen LogP contribution in [0.5, 0.6) is 0 Å². The van der Waals surface area contributed by atoms with Gasteiger partial charge in [0.15, 0.2) is 11.9 Å². The van der Waals surface area contributed by atoms with Crippen molar-refractivity contribution in [2.75, 3.05) is 6.61 Å². The first-order valence-electron chi connectivity index (χ1n) is 6.11. The van der Waals surface area contributed by atoms with Gasteiger partial charge in [0.25, 0.3) is 0 Å². The normalized spacial score (nSPS) is 18.9. The fourth-order valence-electron chi connectivity index (χ4n) is 1.77. The summed E-state index contributed by atoms with van der Waals surface area (Å²) in [6.45, 7) is 2.59. The van der Waals surface area contributed by atoms with Gasteiger partial charge in [0.1, 0.15) is 5.71 Å². The van der Waals surface area contributed by atoms with Gasteiger partial charge < -0.3 is 9.57 Å². The monoisotopic (exact) mass is 247 g/mol. The lowest BCUT2D eigenvalue weighted by Crippen LogP contribution is -2.26. The molecule has 1 heterocycles. The first-order chi connectivity index (χ1) is 8.75. The molecule has 1 unspecified atom stereocenters. The van der Waals surface area contributed by atoms with Crippen molar-refractivity contribution in [2.45, 2.75) is 32.5 Å². The highest BCUT2D eigenvalue weighted by atomic mass is 16.7. The van der Waals surface area contributed by atoms with Gasteiger partial charge in [-0.15, -0.1) is 0 Å². The molecule has 4 heteroatoms. The molecule has 1 aliphatic heterocycles. The zero-order valence-electron chi connectivity index (χ0n) is 10.5. The zero-order valence-corrected chi connectivity index (χ0v) is 10.5. The van der Waals surface area contributed by atoms with E-state index in [2.05, 4.69) is 5.16 Å². The van der Waals surface area contributed by atoms with Crippen molar-refractivity contribution in [3.8, 4) is 0 Å². The smallest absolute Gasteiger partial charge is 0.177 e. The molecule has 0 bridgehead atoms. The summed E-state index contributed by atoms with van der Waals surface area (Å²) in [4.78, 5) is 16.3. The SMILES string of the molecule is CC(=O)C1=NOC(COCc2ccccc2)CC1. The minimum Gasteiger partial charge on any atom is -0.390 e. The van der Waals surface area contributed by atoms with Crippen LogP contribution in [0.1, 0.15) is 25.3 Å². The Balaban J connectivity index is 1.71. The molecule has 0 spiro atoms. The van der Waals surface area contributed by atoms with E-state index in [-0.39, 0.29) is 11.9 Å². The molecule has 96 valence electrons. The van der Waals surface area contributed by atoms with Gasteiger partial charge in [-0.3, -0.25) is 4.79 Å². The molecular weight excluding hydrogens is 230 g/mol. The minimum atomic E-state index is -0.0446. The van der Waals surface area contributed by atoms with Crippen LogP contribution >= 0.6 is 0 Å². The number of carbonyl (C=O) groups excluding carboxylic acids is 1. The Kier molecular flexibility index (Phi) is 4.47. The van der Waals surface area contributed by atoms with E-state index in [0.29, 0.717) is 25.3 Å². The molecule has 0 saturated carbocycles. The van der Waals surface area contributed by atoms with Crippen LogP contribution in [-0.2, 0) is 21.0 Å². The Labute approximate surface area is 107 Å². The average Bonchev–Trinajstić information content (AvgIpc) is 2.40. The molecule has 18 heavy (non-hydrogen) atoms.